The van der Waals surface area contributed by atoms with Crippen molar-refractivity contribution in [2.75, 3.05) is 12.3 Å². The van der Waals surface area contributed by atoms with Gasteiger partial charge in [-0.05, 0) is 37.8 Å². The number of rotatable bonds is 2. The van der Waals surface area contributed by atoms with Crippen molar-refractivity contribution in [2.24, 2.45) is 5.92 Å². The molecule has 100 valence electrons. The van der Waals surface area contributed by atoms with E-state index in [1.807, 2.05) is 6.92 Å². The molecule has 0 bridgehead atoms. The van der Waals surface area contributed by atoms with Gasteiger partial charge in [0.2, 0.25) is 0 Å². The lowest BCUT2D eigenvalue weighted by Gasteiger charge is -2.36. The maximum atomic E-state index is 12.5. The van der Waals surface area contributed by atoms with Crippen molar-refractivity contribution in [1.82, 2.24) is 9.29 Å². The first-order chi connectivity index (χ1) is 8.44. The van der Waals surface area contributed by atoms with E-state index < -0.39 is 10.0 Å². The van der Waals surface area contributed by atoms with Crippen molar-refractivity contribution in [3.63, 3.8) is 0 Å². The first kappa shape index (κ1) is 13.3. The number of pyridine rings is 1. The van der Waals surface area contributed by atoms with Gasteiger partial charge in [-0.1, -0.05) is 6.92 Å². The second-order valence-electron chi connectivity index (χ2n) is 4.87. The summed E-state index contributed by atoms with van der Waals surface area (Å²) in [6.07, 6.45) is 3.41. The molecule has 1 saturated heterocycles. The fourth-order valence-electron chi connectivity index (χ4n) is 2.37. The molecule has 5 nitrogen and oxygen atoms in total. The molecule has 1 aromatic rings. The number of anilines is 1. The molecule has 6 heteroatoms. The summed E-state index contributed by atoms with van der Waals surface area (Å²) < 4.78 is 26.6. The minimum Gasteiger partial charge on any atom is -0.396 e. The summed E-state index contributed by atoms with van der Waals surface area (Å²) in [5, 5.41) is -0.0223. The Morgan fingerprint density at radius 2 is 2.17 bits per heavy atom. The second kappa shape index (κ2) is 4.85. The monoisotopic (exact) mass is 269 g/mol. The average molecular weight is 269 g/mol. The number of nitrogens with zero attached hydrogens (tertiary/aromatic N) is 2. The van der Waals surface area contributed by atoms with E-state index >= 15 is 0 Å². The number of sulfonamides is 1. The van der Waals surface area contributed by atoms with Gasteiger partial charge in [-0.25, -0.2) is 13.4 Å². The van der Waals surface area contributed by atoms with Crippen LogP contribution in [0.25, 0.3) is 0 Å². The molecule has 2 unspecified atom stereocenters. The van der Waals surface area contributed by atoms with Gasteiger partial charge in [-0.15, -0.1) is 0 Å². The molecule has 1 aliphatic rings. The molecule has 0 amide bonds. The van der Waals surface area contributed by atoms with Gasteiger partial charge >= 0.3 is 0 Å². The standard InChI is InChI=1S/C12H19N3O2S/c1-9-5-4-8-15(10(9)2)18(16,17)12-11(13)6-3-7-14-12/h3,6-7,9-10H,4-5,8,13H2,1-2H3. The number of nitrogens with two attached hydrogens (primary N) is 1. The lowest BCUT2D eigenvalue weighted by atomic mass is 9.94. The van der Waals surface area contributed by atoms with Gasteiger partial charge in [-0.2, -0.15) is 4.31 Å². The number of hydrogen-bond acceptors (Lipinski definition) is 4. The third kappa shape index (κ3) is 2.22. The molecule has 1 fully saturated rings. The molecule has 0 saturated carbocycles. The Bertz CT molecular complexity index is 530. The molecule has 18 heavy (non-hydrogen) atoms. The maximum Gasteiger partial charge on any atom is 0.262 e. The van der Waals surface area contributed by atoms with Crippen LogP contribution in [0.1, 0.15) is 26.7 Å². The molecule has 0 radical (unpaired) electrons. The average Bonchev–Trinajstić information content (AvgIpc) is 2.32. The maximum absolute atomic E-state index is 12.5. The molecule has 1 aliphatic heterocycles. The van der Waals surface area contributed by atoms with E-state index in [-0.39, 0.29) is 16.8 Å². The minimum absolute atomic E-state index is 0.00911. The molecule has 0 aliphatic carbocycles. The summed E-state index contributed by atoms with van der Waals surface area (Å²) in [6, 6.07) is 3.19. The quantitative estimate of drug-likeness (QED) is 0.882. The largest absolute Gasteiger partial charge is 0.396 e. The van der Waals surface area contributed by atoms with E-state index in [2.05, 4.69) is 11.9 Å². The van der Waals surface area contributed by atoms with Gasteiger partial charge in [0.25, 0.3) is 10.0 Å². The number of hydrogen-bond donors (Lipinski definition) is 1. The van der Waals surface area contributed by atoms with Gasteiger partial charge in [0.05, 0.1) is 5.69 Å². The Hall–Kier alpha value is -1.14. The van der Waals surface area contributed by atoms with Crippen LogP contribution in [0.15, 0.2) is 23.4 Å². The zero-order valence-electron chi connectivity index (χ0n) is 10.7. The van der Waals surface area contributed by atoms with Crippen LogP contribution in [-0.2, 0) is 10.0 Å². The van der Waals surface area contributed by atoms with Crippen LogP contribution in [0.2, 0.25) is 0 Å². The molecule has 2 heterocycles. The smallest absolute Gasteiger partial charge is 0.262 e. The lowest BCUT2D eigenvalue weighted by Crippen LogP contribution is -2.46. The van der Waals surface area contributed by atoms with Crippen LogP contribution in [0, 0.1) is 5.92 Å². The van der Waals surface area contributed by atoms with Crippen molar-refractivity contribution in [2.45, 2.75) is 37.8 Å². The van der Waals surface area contributed by atoms with Crippen LogP contribution in [-0.4, -0.2) is 30.3 Å². The number of aromatic nitrogens is 1. The third-order valence-electron chi connectivity index (χ3n) is 3.67. The Morgan fingerprint density at radius 3 is 2.83 bits per heavy atom. The van der Waals surface area contributed by atoms with Crippen LogP contribution in [0.3, 0.4) is 0 Å². The van der Waals surface area contributed by atoms with Crippen molar-refractivity contribution in [3.05, 3.63) is 18.3 Å². The van der Waals surface area contributed by atoms with E-state index in [0.29, 0.717) is 12.5 Å². The summed E-state index contributed by atoms with van der Waals surface area (Å²) in [5.41, 5.74) is 5.94. The normalized spacial score (nSPS) is 26.1. The zero-order chi connectivity index (χ0) is 13.3. The highest BCUT2D eigenvalue weighted by Crippen LogP contribution is 2.29. The van der Waals surface area contributed by atoms with Gasteiger partial charge in [0.15, 0.2) is 5.03 Å². The summed E-state index contributed by atoms with van der Waals surface area (Å²) in [7, 11) is -3.58. The highest BCUT2D eigenvalue weighted by molar-refractivity contribution is 7.89. The molecule has 0 spiro atoms. The number of piperidine rings is 1. The van der Waals surface area contributed by atoms with Gasteiger partial charge in [0, 0.05) is 18.8 Å². The minimum atomic E-state index is -3.58. The summed E-state index contributed by atoms with van der Waals surface area (Å²) in [4.78, 5) is 3.93. The molecular formula is C12H19N3O2S. The van der Waals surface area contributed by atoms with Crippen molar-refractivity contribution in [1.29, 1.82) is 0 Å². The van der Waals surface area contributed by atoms with E-state index in [1.165, 1.54) is 10.5 Å². The summed E-state index contributed by atoms with van der Waals surface area (Å²) >= 11 is 0. The van der Waals surface area contributed by atoms with Gasteiger partial charge < -0.3 is 5.73 Å². The van der Waals surface area contributed by atoms with E-state index in [9.17, 15) is 8.42 Å². The van der Waals surface area contributed by atoms with Crippen LogP contribution in [0.4, 0.5) is 5.69 Å². The van der Waals surface area contributed by atoms with Gasteiger partial charge in [-0.3, -0.25) is 0 Å². The SMILES string of the molecule is CC1CCCN(S(=O)(=O)c2ncccc2N)C1C. The zero-order valence-corrected chi connectivity index (χ0v) is 11.5. The van der Waals surface area contributed by atoms with Crippen LogP contribution < -0.4 is 5.73 Å². The first-order valence-corrected chi connectivity index (χ1v) is 7.61. The Balaban J connectivity index is 2.40. The molecule has 0 aromatic carbocycles. The van der Waals surface area contributed by atoms with Gasteiger partial charge in [0.1, 0.15) is 0 Å². The van der Waals surface area contributed by atoms with E-state index in [0.717, 1.165) is 12.8 Å². The van der Waals surface area contributed by atoms with E-state index in [1.54, 1.807) is 12.1 Å². The molecule has 2 atom stereocenters. The summed E-state index contributed by atoms with van der Waals surface area (Å²) in [5.74, 6) is 0.360. The molecule has 2 N–H and O–H groups in total. The van der Waals surface area contributed by atoms with Crippen molar-refractivity contribution < 1.29 is 8.42 Å². The number of nitrogen functional groups attached to an aromatic ring is 1. The predicted octanol–water partition coefficient (Wildman–Crippen LogP) is 1.47. The second-order valence-corrected chi connectivity index (χ2v) is 6.68. The predicted molar refractivity (Wildman–Crippen MR) is 70.4 cm³/mol. The van der Waals surface area contributed by atoms with E-state index in [4.69, 9.17) is 5.73 Å². The Labute approximate surface area is 108 Å². The lowest BCUT2D eigenvalue weighted by molar-refractivity contribution is 0.202. The first-order valence-electron chi connectivity index (χ1n) is 6.17. The fourth-order valence-corrected chi connectivity index (χ4v) is 4.16. The highest BCUT2D eigenvalue weighted by atomic mass is 32.2. The third-order valence-corrected chi connectivity index (χ3v) is 5.63. The fraction of sp³-hybridized carbons (Fsp3) is 0.583. The summed E-state index contributed by atoms with van der Waals surface area (Å²) in [6.45, 7) is 4.57. The van der Waals surface area contributed by atoms with Crippen LogP contribution in [0.5, 0.6) is 0 Å². The van der Waals surface area contributed by atoms with Crippen LogP contribution >= 0.6 is 0 Å². The highest BCUT2D eigenvalue weighted by Gasteiger charge is 2.36. The Morgan fingerprint density at radius 1 is 1.44 bits per heavy atom. The molecular weight excluding hydrogens is 250 g/mol. The molecule has 1 aromatic heterocycles. The van der Waals surface area contributed by atoms with Crippen molar-refractivity contribution in [3.8, 4) is 0 Å². The topological polar surface area (TPSA) is 76.3 Å². The Kier molecular flexibility index (Phi) is 3.59. The van der Waals surface area contributed by atoms with Crippen molar-refractivity contribution >= 4 is 15.7 Å². The molecule has 2 rings (SSSR count).